The molecule has 0 amide bonds. The predicted octanol–water partition coefficient (Wildman–Crippen LogP) is 2.91. The van der Waals surface area contributed by atoms with Crippen LogP contribution < -0.4 is 0 Å². The van der Waals surface area contributed by atoms with Crippen LogP contribution in [-0.2, 0) is 6.54 Å². The molecule has 0 atom stereocenters. The summed E-state index contributed by atoms with van der Waals surface area (Å²) in [6.45, 7) is 3.18. The molecule has 0 aliphatic heterocycles. The van der Waals surface area contributed by atoms with Crippen LogP contribution in [-0.4, -0.2) is 14.8 Å². The van der Waals surface area contributed by atoms with E-state index in [2.05, 4.69) is 17.0 Å². The summed E-state index contributed by atoms with van der Waals surface area (Å²) in [5.41, 5.74) is 0. The summed E-state index contributed by atoms with van der Waals surface area (Å²) < 4.78 is 2.58. The Bertz CT molecular complexity index is 276. The predicted molar refractivity (Wildman–Crippen MR) is 56.2 cm³/mol. The molecule has 0 aliphatic carbocycles. The summed E-state index contributed by atoms with van der Waals surface area (Å²) in [5.74, 6) is 0. The van der Waals surface area contributed by atoms with Crippen molar-refractivity contribution in [2.24, 2.45) is 0 Å². The Morgan fingerprint density at radius 2 is 2.15 bits per heavy atom. The highest BCUT2D eigenvalue weighted by atomic mass is 32.1. The topological polar surface area (TPSA) is 33.6 Å². The zero-order valence-corrected chi connectivity index (χ0v) is 8.94. The second-order valence-electron chi connectivity index (χ2n) is 3.23. The van der Waals surface area contributed by atoms with Crippen molar-refractivity contribution in [3.63, 3.8) is 0 Å². The fraction of sp³-hybridized carbons (Fsp3) is 0.778. The molecule has 4 heteroatoms. The van der Waals surface area contributed by atoms with Crippen LogP contribution in [0.5, 0.6) is 0 Å². The molecule has 0 spiro atoms. The number of nitrogens with one attached hydrogen (secondary N) is 1. The third-order valence-corrected chi connectivity index (χ3v) is 2.42. The number of aryl methyl sites for hydroxylation is 1. The molecule has 0 unspecified atom stereocenters. The zero-order chi connectivity index (χ0) is 9.52. The Labute approximate surface area is 84.2 Å². The first-order chi connectivity index (χ1) is 6.34. The van der Waals surface area contributed by atoms with Crippen LogP contribution in [0.2, 0.25) is 0 Å². The summed E-state index contributed by atoms with van der Waals surface area (Å²) in [6.07, 6.45) is 8.07. The molecule has 1 heterocycles. The van der Waals surface area contributed by atoms with Gasteiger partial charge in [-0.1, -0.05) is 32.6 Å². The molecule has 3 nitrogen and oxygen atoms in total. The van der Waals surface area contributed by atoms with Crippen molar-refractivity contribution in [1.29, 1.82) is 0 Å². The number of hydrogen-bond acceptors (Lipinski definition) is 2. The lowest BCUT2D eigenvalue weighted by Crippen LogP contribution is -1.99. The standard InChI is InChI=1S/C9H17N3S/c1-2-3-4-5-6-7-12-9(13)10-8-11-12/h8H,2-7H2,1H3,(H,10,11,13). The Morgan fingerprint density at radius 1 is 1.38 bits per heavy atom. The summed E-state index contributed by atoms with van der Waals surface area (Å²) >= 11 is 5.03. The van der Waals surface area contributed by atoms with Crippen molar-refractivity contribution in [3.8, 4) is 0 Å². The number of H-pyrrole nitrogens is 1. The van der Waals surface area contributed by atoms with Gasteiger partial charge in [-0.25, -0.2) is 4.68 Å². The van der Waals surface area contributed by atoms with E-state index in [1.165, 1.54) is 32.1 Å². The SMILES string of the molecule is CCCCCCCn1nc[nH]c1=S. The summed E-state index contributed by atoms with van der Waals surface area (Å²) in [4.78, 5) is 2.89. The quantitative estimate of drug-likeness (QED) is 0.564. The second kappa shape index (κ2) is 5.91. The maximum atomic E-state index is 5.03. The molecule has 0 fully saturated rings. The Morgan fingerprint density at radius 3 is 2.77 bits per heavy atom. The Balaban J connectivity index is 2.13. The number of nitrogens with zero attached hydrogens (tertiary/aromatic N) is 2. The van der Waals surface area contributed by atoms with Crippen molar-refractivity contribution in [1.82, 2.24) is 14.8 Å². The molecular formula is C9H17N3S. The van der Waals surface area contributed by atoms with Crippen molar-refractivity contribution < 1.29 is 0 Å². The minimum Gasteiger partial charge on any atom is -0.320 e. The van der Waals surface area contributed by atoms with Crippen LogP contribution in [0.4, 0.5) is 0 Å². The first-order valence-electron chi connectivity index (χ1n) is 4.95. The van der Waals surface area contributed by atoms with Crippen LogP contribution in [0.1, 0.15) is 39.0 Å². The first kappa shape index (κ1) is 10.4. The van der Waals surface area contributed by atoms with E-state index in [0.717, 1.165) is 11.3 Å². The molecule has 13 heavy (non-hydrogen) atoms. The van der Waals surface area contributed by atoms with Gasteiger partial charge in [-0.2, -0.15) is 5.10 Å². The van der Waals surface area contributed by atoms with E-state index in [4.69, 9.17) is 12.2 Å². The van der Waals surface area contributed by atoms with Gasteiger partial charge < -0.3 is 4.98 Å². The smallest absolute Gasteiger partial charge is 0.194 e. The van der Waals surface area contributed by atoms with Crippen LogP contribution in [0, 0.1) is 4.77 Å². The summed E-state index contributed by atoms with van der Waals surface area (Å²) in [6, 6.07) is 0. The lowest BCUT2D eigenvalue weighted by Gasteiger charge is -1.99. The molecule has 1 rings (SSSR count). The third kappa shape index (κ3) is 3.72. The van der Waals surface area contributed by atoms with Crippen molar-refractivity contribution in [3.05, 3.63) is 11.1 Å². The molecule has 74 valence electrons. The molecule has 0 aromatic carbocycles. The van der Waals surface area contributed by atoms with Crippen LogP contribution in [0.25, 0.3) is 0 Å². The van der Waals surface area contributed by atoms with Gasteiger partial charge in [0.1, 0.15) is 6.33 Å². The fourth-order valence-electron chi connectivity index (χ4n) is 1.31. The van der Waals surface area contributed by atoms with Gasteiger partial charge >= 0.3 is 0 Å². The van der Waals surface area contributed by atoms with Gasteiger partial charge in [-0.15, -0.1) is 0 Å². The largest absolute Gasteiger partial charge is 0.320 e. The van der Waals surface area contributed by atoms with Gasteiger partial charge in [0, 0.05) is 6.54 Å². The van der Waals surface area contributed by atoms with E-state index in [-0.39, 0.29) is 0 Å². The summed E-state index contributed by atoms with van der Waals surface area (Å²) in [5, 5.41) is 4.09. The van der Waals surface area contributed by atoms with E-state index >= 15 is 0 Å². The van der Waals surface area contributed by atoms with E-state index in [1.807, 2.05) is 4.68 Å². The highest BCUT2D eigenvalue weighted by molar-refractivity contribution is 7.71. The molecule has 1 aromatic heterocycles. The Hall–Kier alpha value is -0.640. The average Bonchev–Trinajstić information content (AvgIpc) is 2.52. The van der Waals surface area contributed by atoms with Gasteiger partial charge in [-0.05, 0) is 18.6 Å². The van der Waals surface area contributed by atoms with Gasteiger partial charge in [0.15, 0.2) is 4.77 Å². The van der Waals surface area contributed by atoms with E-state index in [0.29, 0.717) is 0 Å². The van der Waals surface area contributed by atoms with Crippen molar-refractivity contribution in [2.45, 2.75) is 45.6 Å². The molecular weight excluding hydrogens is 182 g/mol. The molecule has 0 bridgehead atoms. The number of aromatic amines is 1. The van der Waals surface area contributed by atoms with Gasteiger partial charge in [0.05, 0.1) is 0 Å². The van der Waals surface area contributed by atoms with E-state index < -0.39 is 0 Å². The van der Waals surface area contributed by atoms with Crippen LogP contribution >= 0.6 is 12.2 Å². The Kier molecular flexibility index (Phi) is 4.75. The fourth-order valence-corrected chi connectivity index (χ4v) is 1.50. The van der Waals surface area contributed by atoms with Gasteiger partial charge in [0.25, 0.3) is 0 Å². The van der Waals surface area contributed by atoms with Gasteiger partial charge in [0.2, 0.25) is 0 Å². The average molecular weight is 199 g/mol. The molecule has 1 N–H and O–H groups in total. The highest BCUT2D eigenvalue weighted by Gasteiger charge is 1.93. The number of aromatic nitrogens is 3. The van der Waals surface area contributed by atoms with E-state index in [1.54, 1.807) is 6.33 Å². The van der Waals surface area contributed by atoms with Crippen LogP contribution in [0.3, 0.4) is 0 Å². The molecule has 0 saturated carbocycles. The second-order valence-corrected chi connectivity index (χ2v) is 3.62. The van der Waals surface area contributed by atoms with Gasteiger partial charge in [-0.3, -0.25) is 0 Å². The third-order valence-electron chi connectivity index (χ3n) is 2.09. The minimum atomic E-state index is 0.732. The van der Waals surface area contributed by atoms with E-state index in [9.17, 15) is 0 Å². The number of hydrogen-bond donors (Lipinski definition) is 1. The number of rotatable bonds is 6. The summed E-state index contributed by atoms with van der Waals surface area (Å²) in [7, 11) is 0. The normalized spacial score (nSPS) is 10.5. The first-order valence-corrected chi connectivity index (χ1v) is 5.36. The lowest BCUT2D eigenvalue weighted by molar-refractivity contribution is 0.528. The van der Waals surface area contributed by atoms with Crippen molar-refractivity contribution in [2.75, 3.05) is 0 Å². The van der Waals surface area contributed by atoms with Crippen molar-refractivity contribution >= 4 is 12.2 Å². The number of unbranched alkanes of at least 4 members (excludes halogenated alkanes) is 4. The highest BCUT2D eigenvalue weighted by Crippen LogP contribution is 2.03. The lowest BCUT2D eigenvalue weighted by atomic mass is 10.1. The maximum Gasteiger partial charge on any atom is 0.194 e. The molecule has 1 aromatic rings. The molecule has 0 aliphatic rings. The minimum absolute atomic E-state index is 0.732. The zero-order valence-electron chi connectivity index (χ0n) is 8.12. The molecule has 0 saturated heterocycles. The maximum absolute atomic E-state index is 5.03. The van der Waals surface area contributed by atoms with Crippen LogP contribution in [0.15, 0.2) is 6.33 Å². The molecule has 0 radical (unpaired) electrons. The monoisotopic (exact) mass is 199 g/mol.